The maximum atomic E-state index is 10.9. The molecule has 0 saturated heterocycles. The molecular formula is C7H6IN3O. The summed E-state index contributed by atoms with van der Waals surface area (Å²) in [6, 6.07) is 1.89. The van der Waals surface area contributed by atoms with Gasteiger partial charge in [-0.2, -0.15) is 0 Å². The third-order valence-corrected chi connectivity index (χ3v) is 2.48. The van der Waals surface area contributed by atoms with E-state index >= 15 is 0 Å². The van der Waals surface area contributed by atoms with Crippen molar-refractivity contribution in [3.05, 3.63) is 15.8 Å². The predicted molar refractivity (Wildman–Crippen MR) is 54.1 cm³/mol. The van der Waals surface area contributed by atoms with Crippen molar-refractivity contribution in [2.24, 2.45) is 0 Å². The van der Waals surface area contributed by atoms with Gasteiger partial charge in [-0.1, -0.05) is 0 Å². The summed E-state index contributed by atoms with van der Waals surface area (Å²) in [5.74, 6) is 0.579. The summed E-state index contributed by atoms with van der Waals surface area (Å²) in [5.41, 5.74) is 0.915. The molecule has 4 nitrogen and oxygen atoms in total. The number of nitrogens with one attached hydrogen (secondary N) is 2. The van der Waals surface area contributed by atoms with Crippen molar-refractivity contribution >= 4 is 40.0 Å². The molecule has 1 aliphatic heterocycles. The largest absolute Gasteiger partial charge is 0.372 e. The molecule has 0 radical (unpaired) electrons. The van der Waals surface area contributed by atoms with Crippen LogP contribution >= 0.6 is 22.6 Å². The zero-order chi connectivity index (χ0) is 8.55. The number of aromatic nitrogens is 1. The Balaban J connectivity index is 2.48. The van der Waals surface area contributed by atoms with Crippen LogP contribution in [0.3, 0.4) is 0 Å². The number of carbonyl (C=O) groups excluding carboxylic acids is 1. The Hall–Kier alpha value is -0.850. The van der Waals surface area contributed by atoms with Gasteiger partial charge in [-0.3, -0.25) is 4.79 Å². The molecule has 0 fully saturated rings. The Morgan fingerprint density at radius 3 is 3.25 bits per heavy atom. The van der Waals surface area contributed by atoms with E-state index in [9.17, 15) is 4.79 Å². The van der Waals surface area contributed by atoms with Crippen LogP contribution in [0.2, 0.25) is 0 Å². The van der Waals surface area contributed by atoms with Crippen LogP contribution in [0, 0.1) is 3.57 Å². The van der Waals surface area contributed by atoms with Crippen LogP contribution in [0.15, 0.2) is 12.3 Å². The van der Waals surface area contributed by atoms with Crippen molar-refractivity contribution in [2.45, 2.75) is 0 Å². The molecule has 0 aliphatic carbocycles. The number of nitrogens with zero attached hydrogens (tertiary/aromatic N) is 1. The molecule has 1 aromatic rings. The zero-order valence-corrected chi connectivity index (χ0v) is 8.25. The van der Waals surface area contributed by atoms with Crippen LogP contribution in [0.25, 0.3) is 0 Å². The van der Waals surface area contributed by atoms with E-state index < -0.39 is 0 Å². The van der Waals surface area contributed by atoms with Crippen molar-refractivity contribution < 1.29 is 4.79 Å². The summed E-state index contributed by atoms with van der Waals surface area (Å²) in [5, 5.41) is 5.68. The SMILES string of the molecule is O=C1CNc2c(I)ccnc2N1. The highest BCUT2D eigenvalue weighted by molar-refractivity contribution is 14.1. The lowest BCUT2D eigenvalue weighted by molar-refractivity contribution is -0.114. The minimum absolute atomic E-state index is 0.0444. The second-order valence-electron chi connectivity index (χ2n) is 2.42. The molecule has 0 saturated carbocycles. The van der Waals surface area contributed by atoms with Crippen LogP contribution in [0.1, 0.15) is 0 Å². The molecule has 1 amide bonds. The minimum atomic E-state index is -0.0444. The number of carbonyl (C=O) groups is 1. The van der Waals surface area contributed by atoms with E-state index in [2.05, 4.69) is 38.2 Å². The molecule has 0 aromatic carbocycles. The van der Waals surface area contributed by atoms with Gasteiger partial charge in [0, 0.05) is 9.77 Å². The molecule has 1 aliphatic rings. The second kappa shape index (κ2) is 2.89. The molecule has 0 spiro atoms. The Bertz CT molecular complexity index is 339. The fraction of sp³-hybridized carbons (Fsp3) is 0.143. The summed E-state index contributed by atoms with van der Waals surface area (Å²) in [7, 11) is 0. The fourth-order valence-corrected chi connectivity index (χ4v) is 1.65. The summed E-state index contributed by atoms with van der Waals surface area (Å²) < 4.78 is 1.07. The standard InChI is InChI=1S/C7H6IN3O/c8-4-1-2-9-7-6(4)10-3-5(12)11-7/h1-2,10H,3H2,(H,9,11,12). The average Bonchev–Trinajstić information content (AvgIpc) is 2.04. The minimum Gasteiger partial charge on any atom is -0.372 e. The molecular weight excluding hydrogens is 269 g/mol. The van der Waals surface area contributed by atoms with Gasteiger partial charge in [0.25, 0.3) is 0 Å². The van der Waals surface area contributed by atoms with E-state index in [0.717, 1.165) is 9.26 Å². The zero-order valence-electron chi connectivity index (χ0n) is 6.10. The van der Waals surface area contributed by atoms with Crippen molar-refractivity contribution in [1.29, 1.82) is 0 Å². The average molecular weight is 275 g/mol. The van der Waals surface area contributed by atoms with Gasteiger partial charge >= 0.3 is 0 Å². The first-order valence-corrected chi connectivity index (χ1v) is 4.53. The molecule has 0 bridgehead atoms. The van der Waals surface area contributed by atoms with Gasteiger partial charge in [-0.15, -0.1) is 0 Å². The quantitative estimate of drug-likeness (QED) is 0.696. The van der Waals surface area contributed by atoms with E-state index in [-0.39, 0.29) is 5.91 Å². The summed E-state index contributed by atoms with van der Waals surface area (Å²) in [4.78, 5) is 15.0. The Morgan fingerprint density at radius 1 is 1.58 bits per heavy atom. The first-order chi connectivity index (χ1) is 5.77. The van der Waals surface area contributed by atoms with E-state index in [0.29, 0.717) is 12.4 Å². The van der Waals surface area contributed by atoms with Gasteiger partial charge in [0.2, 0.25) is 5.91 Å². The van der Waals surface area contributed by atoms with Crippen molar-refractivity contribution in [1.82, 2.24) is 4.98 Å². The van der Waals surface area contributed by atoms with Gasteiger partial charge < -0.3 is 10.6 Å². The summed E-state index contributed by atoms with van der Waals surface area (Å²) >= 11 is 2.20. The molecule has 5 heteroatoms. The van der Waals surface area contributed by atoms with Gasteiger partial charge in [0.05, 0.1) is 12.2 Å². The van der Waals surface area contributed by atoms with Crippen LogP contribution in [-0.4, -0.2) is 17.4 Å². The van der Waals surface area contributed by atoms with E-state index in [1.165, 1.54) is 0 Å². The highest BCUT2D eigenvalue weighted by Gasteiger charge is 2.16. The van der Waals surface area contributed by atoms with Crippen molar-refractivity contribution in [3.63, 3.8) is 0 Å². The lowest BCUT2D eigenvalue weighted by Gasteiger charge is -2.18. The number of halogens is 1. The molecule has 2 N–H and O–H groups in total. The molecule has 1 aromatic heterocycles. The van der Waals surface area contributed by atoms with Gasteiger partial charge in [-0.05, 0) is 28.7 Å². The number of rotatable bonds is 0. The smallest absolute Gasteiger partial charge is 0.244 e. The van der Waals surface area contributed by atoms with Crippen LogP contribution in [0.4, 0.5) is 11.5 Å². The van der Waals surface area contributed by atoms with Crippen LogP contribution in [0.5, 0.6) is 0 Å². The molecule has 0 unspecified atom stereocenters. The topological polar surface area (TPSA) is 54.0 Å². The molecule has 0 atom stereocenters. The van der Waals surface area contributed by atoms with Crippen LogP contribution in [-0.2, 0) is 4.79 Å². The van der Waals surface area contributed by atoms with Crippen molar-refractivity contribution in [3.8, 4) is 0 Å². The third kappa shape index (κ3) is 1.24. The fourth-order valence-electron chi connectivity index (χ4n) is 1.05. The van der Waals surface area contributed by atoms with E-state index in [4.69, 9.17) is 0 Å². The molecule has 2 heterocycles. The Labute approximate surface area is 82.9 Å². The third-order valence-electron chi connectivity index (χ3n) is 1.58. The lowest BCUT2D eigenvalue weighted by Crippen LogP contribution is -2.28. The number of anilines is 2. The van der Waals surface area contributed by atoms with Gasteiger partial charge in [-0.25, -0.2) is 4.98 Å². The summed E-state index contributed by atoms with van der Waals surface area (Å²) in [6.07, 6.45) is 1.67. The molecule has 62 valence electrons. The first kappa shape index (κ1) is 7.78. The highest BCUT2D eigenvalue weighted by Crippen LogP contribution is 2.26. The van der Waals surface area contributed by atoms with Gasteiger partial charge in [0.15, 0.2) is 5.82 Å². The number of hydrogen-bond donors (Lipinski definition) is 2. The number of pyridine rings is 1. The van der Waals surface area contributed by atoms with E-state index in [1.54, 1.807) is 6.20 Å². The first-order valence-electron chi connectivity index (χ1n) is 3.45. The normalized spacial score (nSPS) is 14.6. The number of hydrogen-bond acceptors (Lipinski definition) is 3. The monoisotopic (exact) mass is 275 g/mol. The maximum absolute atomic E-state index is 10.9. The Morgan fingerprint density at radius 2 is 2.42 bits per heavy atom. The predicted octanol–water partition coefficient (Wildman–Crippen LogP) is 1.05. The number of amides is 1. The van der Waals surface area contributed by atoms with Crippen molar-refractivity contribution in [2.75, 3.05) is 17.2 Å². The maximum Gasteiger partial charge on any atom is 0.244 e. The van der Waals surface area contributed by atoms with Gasteiger partial charge in [0.1, 0.15) is 0 Å². The Kier molecular flexibility index (Phi) is 1.87. The molecule has 12 heavy (non-hydrogen) atoms. The second-order valence-corrected chi connectivity index (χ2v) is 3.58. The highest BCUT2D eigenvalue weighted by atomic mass is 127. The van der Waals surface area contributed by atoms with E-state index in [1.807, 2.05) is 6.07 Å². The summed E-state index contributed by atoms with van der Waals surface area (Å²) in [6.45, 7) is 0.328. The molecule has 2 rings (SSSR count). The van der Waals surface area contributed by atoms with Crippen LogP contribution < -0.4 is 10.6 Å². The lowest BCUT2D eigenvalue weighted by atomic mass is 10.3. The number of fused-ring (bicyclic) bond motifs is 1.